The van der Waals surface area contributed by atoms with Crippen LogP contribution in [0.25, 0.3) is 0 Å². The van der Waals surface area contributed by atoms with Crippen molar-refractivity contribution in [1.29, 1.82) is 0 Å². The highest BCUT2D eigenvalue weighted by atomic mass is 127. The third-order valence-corrected chi connectivity index (χ3v) is 7.68. The van der Waals surface area contributed by atoms with Crippen LogP contribution in [0.5, 0.6) is 0 Å². The summed E-state index contributed by atoms with van der Waals surface area (Å²) in [5.41, 5.74) is 2.15. The third-order valence-electron chi connectivity index (χ3n) is 7.68. The Morgan fingerprint density at radius 1 is 0.867 bits per heavy atom. The molecule has 0 saturated heterocycles. The van der Waals surface area contributed by atoms with Crippen molar-refractivity contribution in [3.05, 3.63) is 0 Å². The lowest BCUT2D eigenvalue weighted by Crippen LogP contribution is -3.01. The van der Waals surface area contributed by atoms with Crippen molar-refractivity contribution in [2.45, 2.75) is 25.7 Å². The average molecular weight is 316 g/mol. The molecule has 0 N–H and O–H groups in total. The summed E-state index contributed by atoms with van der Waals surface area (Å²) in [6, 6.07) is 0. The Morgan fingerprint density at radius 3 is 1.33 bits per heavy atom. The van der Waals surface area contributed by atoms with Crippen LogP contribution in [0, 0.1) is 46.3 Å². The van der Waals surface area contributed by atoms with E-state index in [0.29, 0.717) is 0 Å². The fourth-order valence-corrected chi connectivity index (χ4v) is 7.89. The zero-order valence-electron chi connectivity index (χ0n) is 9.08. The molecule has 1 nitrogen and oxygen atoms in total. The molecular weight excluding hydrogens is 299 g/mol. The molecule has 6 saturated carbocycles. The minimum Gasteiger partial charge on any atom is -0.319 e. The number of fused-ring (bicyclic) bond motifs is 2. The molecule has 0 bridgehead atoms. The summed E-state index contributed by atoms with van der Waals surface area (Å²) < 4.78 is 4.22. The van der Waals surface area contributed by atoms with Gasteiger partial charge >= 0.3 is 0 Å². The molecule has 82 valence electrons. The predicted molar refractivity (Wildman–Crippen MR) is 65.3 cm³/mol. The lowest BCUT2D eigenvalue weighted by atomic mass is 8.98. The van der Waals surface area contributed by atoms with Gasteiger partial charge in [-0.25, -0.2) is 0 Å². The molecule has 4 unspecified atom stereocenters. The predicted octanol–water partition coefficient (Wildman–Crippen LogP) is 3.28. The second-order valence-electron chi connectivity index (χ2n) is 6.78. The zero-order valence-corrected chi connectivity index (χ0v) is 11.2. The minimum atomic E-state index is 1.07. The van der Waals surface area contributed by atoms with E-state index < -0.39 is 0 Å². The summed E-state index contributed by atoms with van der Waals surface area (Å²) in [7, 11) is 1.61. The highest BCUT2D eigenvalue weighted by Crippen LogP contribution is 3.06. The molecule has 0 aromatic heterocycles. The molecule has 6 aliphatic rings. The topological polar surface area (TPSA) is 9.23 Å². The fraction of sp³-hybridized carbons (Fsp3) is 1.00. The number of hydrogen-bond acceptors (Lipinski definition) is 1. The van der Waals surface area contributed by atoms with Gasteiger partial charge in [-0.1, -0.05) is 0 Å². The fourth-order valence-electron chi connectivity index (χ4n) is 7.89. The molecule has 4 atom stereocenters. The van der Waals surface area contributed by atoms with Gasteiger partial charge in [0.05, 0.1) is 0 Å². The molecule has 6 fully saturated rings. The molecule has 2 spiro atoms. The van der Waals surface area contributed by atoms with Gasteiger partial charge in [-0.3, -0.25) is 0 Å². The van der Waals surface area contributed by atoms with Gasteiger partial charge in [0.25, 0.3) is 0 Å². The van der Waals surface area contributed by atoms with Crippen LogP contribution in [0.1, 0.15) is 25.7 Å². The monoisotopic (exact) mass is 316 g/mol. The van der Waals surface area contributed by atoms with Gasteiger partial charge in [0, 0.05) is 7.11 Å². The lowest BCUT2D eigenvalue weighted by Gasteiger charge is -3.06. The summed E-state index contributed by atoms with van der Waals surface area (Å²) >= 11 is 1.79. The Bertz CT molecular complexity index is 308. The van der Waals surface area contributed by atoms with E-state index in [1.165, 1.54) is 35.5 Å². The molecule has 0 heterocycles. The molecule has 0 amide bonds. The SMILES string of the molecule is C1C2CC3C4CC5CC6C1C23C564.COI. The summed E-state index contributed by atoms with van der Waals surface area (Å²) in [6.07, 6.45) is 6.68. The Kier molecular flexibility index (Phi) is 1.26. The maximum absolute atomic E-state index is 4.22. The summed E-state index contributed by atoms with van der Waals surface area (Å²) in [5.74, 6) is 7.68. The standard InChI is InChI=1S/C12H14.CH3IO/c1-5-2-9-10-4-6-3-8-7(1)11(5,9)12(6,8)10;1-3-2/h5-10H,1-4H2;1H3. The van der Waals surface area contributed by atoms with Crippen molar-refractivity contribution in [3.8, 4) is 0 Å². The van der Waals surface area contributed by atoms with Gasteiger partial charge in [-0.05, 0) is 72.0 Å². The van der Waals surface area contributed by atoms with Crippen molar-refractivity contribution in [2.75, 3.05) is 7.11 Å². The normalized spacial score (nSPS) is 76.4. The van der Waals surface area contributed by atoms with Crippen LogP contribution in [-0.4, -0.2) is 7.11 Å². The Hall–Kier alpha value is 0.690. The molecule has 0 radical (unpaired) electrons. The van der Waals surface area contributed by atoms with Gasteiger partial charge in [0.15, 0.2) is 0 Å². The van der Waals surface area contributed by atoms with Crippen molar-refractivity contribution in [3.63, 3.8) is 0 Å². The van der Waals surface area contributed by atoms with Gasteiger partial charge in [-0.15, -0.1) is 0 Å². The van der Waals surface area contributed by atoms with E-state index in [1.54, 1.807) is 55.8 Å². The van der Waals surface area contributed by atoms with Crippen molar-refractivity contribution in [1.82, 2.24) is 0 Å². The summed E-state index contributed by atoms with van der Waals surface area (Å²) in [6.45, 7) is 0. The molecular formula is C13H17IO. The van der Waals surface area contributed by atoms with Gasteiger partial charge in [0.2, 0.25) is 0 Å². The molecule has 0 aromatic carbocycles. The highest BCUT2D eigenvalue weighted by molar-refractivity contribution is 14.1. The number of halogens is 1. The average Bonchev–Trinajstić information content (AvgIpc) is 2.14. The number of rotatable bonds is 0. The van der Waals surface area contributed by atoms with Crippen LogP contribution in [0.3, 0.4) is 0 Å². The molecule has 2 heteroatoms. The van der Waals surface area contributed by atoms with Crippen molar-refractivity contribution < 1.29 is 3.07 Å². The molecule has 0 aliphatic heterocycles. The first-order chi connectivity index (χ1) is 7.33. The Morgan fingerprint density at radius 2 is 1.13 bits per heavy atom. The molecule has 0 aromatic rings. The molecule has 15 heavy (non-hydrogen) atoms. The summed E-state index contributed by atoms with van der Waals surface area (Å²) in [5, 5.41) is 0. The lowest BCUT2D eigenvalue weighted by molar-refractivity contribution is -0.588. The second-order valence-corrected chi connectivity index (χ2v) is 7.66. The maximum Gasteiger partial charge on any atom is 0.109 e. The van der Waals surface area contributed by atoms with Crippen molar-refractivity contribution >= 4 is 23.0 Å². The van der Waals surface area contributed by atoms with Crippen LogP contribution in [0.15, 0.2) is 0 Å². The van der Waals surface area contributed by atoms with E-state index in [0.717, 1.165) is 10.8 Å². The maximum atomic E-state index is 4.22. The van der Waals surface area contributed by atoms with Gasteiger partial charge < -0.3 is 3.07 Å². The third kappa shape index (κ3) is 0.487. The molecule has 6 aliphatic carbocycles. The van der Waals surface area contributed by atoms with E-state index in [2.05, 4.69) is 3.07 Å². The van der Waals surface area contributed by atoms with Crippen molar-refractivity contribution in [2.24, 2.45) is 46.3 Å². The smallest absolute Gasteiger partial charge is 0.109 e. The van der Waals surface area contributed by atoms with Crippen LogP contribution in [0.4, 0.5) is 0 Å². The minimum absolute atomic E-state index is 1.07. The van der Waals surface area contributed by atoms with Gasteiger partial charge in [0.1, 0.15) is 23.0 Å². The van der Waals surface area contributed by atoms with E-state index in [4.69, 9.17) is 0 Å². The first kappa shape index (κ1) is 8.73. The van der Waals surface area contributed by atoms with Crippen LogP contribution >= 0.6 is 23.0 Å². The van der Waals surface area contributed by atoms with Crippen LogP contribution in [0.2, 0.25) is 0 Å². The Balaban J connectivity index is 0.000000185. The second kappa shape index (κ2) is 2.16. The molecule has 6 rings (SSSR count). The summed E-state index contributed by atoms with van der Waals surface area (Å²) in [4.78, 5) is 0. The van der Waals surface area contributed by atoms with Crippen LogP contribution < -0.4 is 0 Å². The largest absolute Gasteiger partial charge is 0.319 e. The van der Waals surface area contributed by atoms with Gasteiger partial charge in [-0.2, -0.15) is 0 Å². The van der Waals surface area contributed by atoms with Crippen LogP contribution in [-0.2, 0) is 3.07 Å². The van der Waals surface area contributed by atoms with E-state index in [9.17, 15) is 0 Å². The first-order valence-electron chi connectivity index (χ1n) is 6.48. The highest BCUT2D eigenvalue weighted by Gasteiger charge is 3.01. The first-order valence-corrected chi connectivity index (χ1v) is 7.36. The quantitative estimate of drug-likeness (QED) is 0.623. The van der Waals surface area contributed by atoms with E-state index in [-0.39, 0.29) is 0 Å². The number of hydrogen-bond donors (Lipinski definition) is 0. The van der Waals surface area contributed by atoms with E-state index >= 15 is 0 Å². The van der Waals surface area contributed by atoms with E-state index in [1.807, 2.05) is 0 Å². The Labute approximate surface area is 105 Å². The zero-order chi connectivity index (χ0) is 10.00.